The van der Waals surface area contributed by atoms with E-state index < -0.39 is 21.0 Å². The minimum absolute atomic E-state index is 0.0745. The molecular weight excluding hydrogens is 404 g/mol. The van der Waals surface area contributed by atoms with Gasteiger partial charge in [-0.25, -0.2) is 8.42 Å². The van der Waals surface area contributed by atoms with Crippen LogP contribution < -0.4 is 15.4 Å². The Morgan fingerprint density at radius 3 is 2.79 bits per heavy atom. The minimum atomic E-state index is -3.79. The number of halogens is 1. The van der Waals surface area contributed by atoms with Gasteiger partial charge in [-0.3, -0.25) is 9.59 Å². The number of hydrogen-bond donors (Lipinski definition) is 2. The van der Waals surface area contributed by atoms with Crippen molar-refractivity contribution in [3.05, 3.63) is 47.0 Å². The highest BCUT2D eigenvalue weighted by molar-refractivity contribution is 7.92. The summed E-state index contributed by atoms with van der Waals surface area (Å²) in [6.07, 6.45) is -0.219. The third kappa shape index (κ3) is 4.28. The van der Waals surface area contributed by atoms with Gasteiger partial charge in [-0.1, -0.05) is 17.7 Å². The van der Waals surface area contributed by atoms with Crippen molar-refractivity contribution in [3.63, 3.8) is 0 Å². The van der Waals surface area contributed by atoms with Crippen LogP contribution in [0.15, 0.2) is 41.3 Å². The largest absolute Gasteiger partial charge is 0.482 e. The van der Waals surface area contributed by atoms with Gasteiger partial charge in [-0.2, -0.15) is 0 Å². The first-order valence-corrected chi connectivity index (χ1v) is 10.5. The minimum Gasteiger partial charge on any atom is -0.482 e. The lowest BCUT2D eigenvalue weighted by atomic mass is 10.2. The van der Waals surface area contributed by atoms with Gasteiger partial charge >= 0.3 is 0 Å². The second-order valence-electron chi connectivity index (χ2n) is 6.57. The molecule has 0 fully saturated rings. The summed E-state index contributed by atoms with van der Waals surface area (Å²) in [5.41, 5.74) is 1.39. The van der Waals surface area contributed by atoms with E-state index in [1.54, 1.807) is 37.3 Å². The van der Waals surface area contributed by atoms with Crippen LogP contribution >= 0.6 is 11.6 Å². The molecule has 1 heterocycles. The van der Waals surface area contributed by atoms with Crippen molar-refractivity contribution in [2.24, 2.45) is 0 Å². The summed E-state index contributed by atoms with van der Waals surface area (Å²) in [6.45, 7) is 2.94. The molecule has 0 saturated carbocycles. The molecule has 9 heteroatoms. The number of ether oxygens (including phenoxy) is 1. The third-order valence-corrected chi connectivity index (χ3v) is 6.84. The number of anilines is 2. The summed E-state index contributed by atoms with van der Waals surface area (Å²) in [6, 6.07) is 9.56. The summed E-state index contributed by atoms with van der Waals surface area (Å²) >= 11 is 5.89. The summed E-state index contributed by atoms with van der Waals surface area (Å²) in [5, 5.41) is 4.80. The highest BCUT2D eigenvalue weighted by Gasteiger charge is 2.29. The summed E-state index contributed by atoms with van der Waals surface area (Å²) in [5.74, 6) is -0.439. The van der Waals surface area contributed by atoms with Crippen LogP contribution in [0.4, 0.5) is 11.4 Å². The van der Waals surface area contributed by atoms with Gasteiger partial charge in [0.1, 0.15) is 5.75 Å². The molecule has 0 aromatic heterocycles. The molecule has 1 aliphatic heterocycles. The molecule has 7 nitrogen and oxygen atoms in total. The van der Waals surface area contributed by atoms with E-state index >= 15 is 0 Å². The van der Waals surface area contributed by atoms with Crippen molar-refractivity contribution >= 4 is 44.6 Å². The molecule has 2 N–H and O–H groups in total. The quantitative estimate of drug-likeness (QED) is 0.770. The van der Waals surface area contributed by atoms with E-state index in [1.807, 2.05) is 0 Å². The Morgan fingerprint density at radius 1 is 1.32 bits per heavy atom. The second kappa shape index (κ2) is 7.81. The molecule has 1 aliphatic rings. The van der Waals surface area contributed by atoms with Crippen molar-refractivity contribution in [1.29, 1.82) is 0 Å². The monoisotopic (exact) mass is 422 g/mol. The van der Waals surface area contributed by atoms with Crippen molar-refractivity contribution in [3.8, 4) is 5.75 Å². The molecular formula is C19H19ClN2O5S. The van der Waals surface area contributed by atoms with Gasteiger partial charge in [-0.05, 0) is 43.7 Å². The van der Waals surface area contributed by atoms with Crippen LogP contribution in [0.2, 0.25) is 5.02 Å². The predicted octanol–water partition coefficient (Wildman–Crippen LogP) is 3.17. The van der Waals surface area contributed by atoms with E-state index in [1.165, 1.54) is 13.0 Å². The molecule has 2 aromatic carbocycles. The zero-order chi connectivity index (χ0) is 20.5. The molecule has 3 rings (SSSR count). The number of fused-ring (bicyclic) bond motifs is 1. The molecule has 0 spiro atoms. The highest BCUT2D eigenvalue weighted by atomic mass is 35.5. The summed E-state index contributed by atoms with van der Waals surface area (Å²) in [7, 11) is -3.79. The van der Waals surface area contributed by atoms with Crippen LogP contribution in [-0.4, -0.2) is 32.1 Å². The number of benzene rings is 2. The number of nitrogens with one attached hydrogen (secondary N) is 2. The summed E-state index contributed by atoms with van der Waals surface area (Å²) < 4.78 is 31.3. The zero-order valence-corrected chi connectivity index (χ0v) is 16.9. The zero-order valence-electron chi connectivity index (χ0n) is 15.3. The number of hydrogen-bond acceptors (Lipinski definition) is 5. The molecule has 0 unspecified atom stereocenters. The lowest BCUT2D eigenvalue weighted by Gasteiger charge is -2.21. The second-order valence-corrected chi connectivity index (χ2v) is 9.34. The number of sulfone groups is 1. The molecule has 1 atom stereocenters. The van der Waals surface area contributed by atoms with Crippen LogP contribution in [-0.2, 0) is 19.4 Å². The Balaban J connectivity index is 1.78. The lowest BCUT2D eigenvalue weighted by Crippen LogP contribution is -2.27. The van der Waals surface area contributed by atoms with Crippen LogP contribution in [0.3, 0.4) is 0 Å². The van der Waals surface area contributed by atoms with Crippen molar-refractivity contribution in [2.45, 2.75) is 30.4 Å². The Morgan fingerprint density at radius 2 is 2.07 bits per heavy atom. The van der Waals surface area contributed by atoms with E-state index in [2.05, 4.69) is 10.6 Å². The highest BCUT2D eigenvalue weighted by Crippen LogP contribution is 2.34. The standard InChI is InChI=1S/C19H19ClN2O5S/c1-11-6-15-16(27-10-19(24)22-15)9-17(11)28(25,26)12(2)7-18(23)21-14-5-3-4-13(20)8-14/h3-6,8-9,12H,7,10H2,1-2H3,(H,21,23)(H,22,24)/t12-/m1/s1. The molecule has 0 bridgehead atoms. The van der Waals surface area contributed by atoms with Gasteiger partial charge < -0.3 is 15.4 Å². The SMILES string of the molecule is Cc1cc2c(cc1S(=O)(=O)[C@H](C)CC(=O)Nc1cccc(Cl)c1)OCC(=O)N2. The lowest BCUT2D eigenvalue weighted by molar-refractivity contribution is -0.118. The van der Waals surface area contributed by atoms with Crippen LogP contribution in [0.1, 0.15) is 18.9 Å². The molecule has 28 heavy (non-hydrogen) atoms. The number of aryl methyl sites for hydroxylation is 1. The predicted molar refractivity (Wildman–Crippen MR) is 107 cm³/mol. The van der Waals surface area contributed by atoms with Gasteiger partial charge in [0.15, 0.2) is 16.4 Å². The molecule has 2 amide bonds. The number of amides is 2. The molecule has 148 valence electrons. The maximum Gasteiger partial charge on any atom is 0.262 e. The van der Waals surface area contributed by atoms with Gasteiger partial charge in [0.05, 0.1) is 15.8 Å². The average molecular weight is 423 g/mol. The fraction of sp³-hybridized carbons (Fsp3) is 0.263. The maximum atomic E-state index is 13.0. The number of carbonyl (C=O) groups excluding carboxylic acids is 2. The van der Waals surface area contributed by atoms with Crippen LogP contribution in [0.5, 0.6) is 5.75 Å². The normalized spacial score (nSPS) is 14.5. The molecule has 0 aliphatic carbocycles. The smallest absolute Gasteiger partial charge is 0.262 e. The fourth-order valence-corrected chi connectivity index (χ4v) is 4.66. The van der Waals surface area contributed by atoms with Crippen molar-refractivity contribution in [2.75, 3.05) is 17.2 Å². The van der Waals surface area contributed by atoms with E-state index in [4.69, 9.17) is 16.3 Å². The molecule has 2 aromatic rings. The van der Waals surface area contributed by atoms with Crippen LogP contribution in [0, 0.1) is 6.92 Å². The Labute approximate surface area is 168 Å². The van der Waals surface area contributed by atoms with Crippen LogP contribution in [0.25, 0.3) is 0 Å². The Hall–Kier alpha value is -2.58. The van der Waals surface area contributed by atoms with Gasteiger partial charge in [0.25, 0.3) is 5.91 Å². The number of rotatable bonds is 5. The van der Waals surface area contributed by atoms with Gasteiger partial charge in [0, 0.05) is 23.2 Å². The van der Waals surface area contributed by atoms with Gasteiger partial charge in [0.2, 0.25) is 5.91 Å². The van der Waals surface area contributed by atoms with Crippen molar-refractivity contribution < 1.29 is 22.7 Å². The first-order chi connectivity index (χ1) is 13.2. The van der Waals surface area contributed by atoms with E-state index in [0.29, 0.717) is 27.7 Å². The first kappa shape index (κ1) is 20.2. The molecule has 0 saturated heterocycles. The van der Waals surface area contributed by atoms with Crippen molar-refractivity contribution in [1.82, 2.24) is 0 Å². The Kier molecular flexibility index (Phi) is 5.62. The first-order valence-electron chi connectivity index (χ1n) is 8.53. The third-order valence-electron chi connectivity index (χ3n) is 4.33. The topological polar surface area (TPSA) is 102 Å². The fourth-order valence-electron chi connectivity index (χ4n) is 2.89. The van der Waals surface area contributed by atoms with Gasteiger partial charge in [-0.15, -0.1) is 0 Å². The Bertz CT molecular complexity index is 1050. The molecule has 0 radical (unpaired) electrons. The van der Waals surface area contributed by atoms with E-state index in [0.717, 1.165) is 0 Å². The summed E-state index contributed by atoms with van der Waals surface area (Å²) in [4.78, 5) is 23.8. The number of carbonyl (C=O) groups is 2. The maximum absolute atomic E-state index is 13.0. The van der Waals surface area contributed by atoms with E-state index in [-0.39, 0.29) is 23.8 Å². The van der Waals surface area contributed by atoms with E-state index in [9.17, 15) is 18.0 Å². The average Bonchev–Trinajstić information content (AvgIpc) is 2.60.